The van der Waals surface area contributed by atoms with E-state index < -0.39 is 5.60 Å². The molecule has 1 N–H and O–H groups in total. The molecule has 1 aromatic carbocycles. The van der Waals surface area contributed by atoms with Crippen LogP contribution in [0.4, 0.5) is 0 Å². The van der Waals surface area contributed by atoms with Gasteiger partial charge in [-0.05, 0) is 31.0 Å². The largest absolute Gasteiger partial charge is 0.496 e. The summed E-state index contributed by atoms with van der Waals surface area (Å²) < 4.78 is 5.21. The number of aliphatic hydroxyl groups is 1. The Labute approximate surface area is 107 Å². The van der Waals surface area contributed by atoms with Crippen molar-refractivity contribution < 1.29 is 14.6 Å². The predicted octanol–water partition coefficient (Wildman–Crippen LogP) is 1.60. The number of carbonyl (C=O) groups is 1. The fourth-order valence-electron chi connectivity index (χ4n) is 2.17. The Morgan fingerprint density at radius 3 is 2.72 bits per heavy atom. The highest BCUT2D eigenvalue weighted by molar-refractivity contribution is 5.95. The molecule has 4 nitrogen and oxygen atoms in total. The molecular formula is C14H19NO3. The zero-order valence-electron chi connectivity index (χ0n) is 11.1. The molecule has 2 rings (SSSR count). The van der Waals surface area contributed by atoms with Crippen molar-refractivity contribution in [2.45, 2.75) is 25.9 Å². The highest BCUT2D eigenvalue weighted by Crippen LogP contribution is 2.27. The number of aryl methyl sites for hydroxylation is 1. The molecular weight excluding hydrogens is 230 g/mol. The number of hydrogen-bond acceptors (Lipinski definition) is 3. The lowest BCUT2D eigenvalue weighted by Crippen LogP contribution is -2.63. The van der Waals surface area contributed by atoms with Crippen LogP contribution in [0.2, 0.25) is 0 Å². The Kier molecular flexibility index (Phi) is 3.30. The average molecular weight is 249 g/mol. The molecule has 0 bridgehead atoms. The third-order valence-electron chi connectivity index (χ3n) is 3.57. The normalized spacial score (nSPS) is 17.2. The van der Waals surface area contributed by atoms with Gasteiger partial charge in [0, 0.05) is 5.56 Å². The van der Waals surface area contributed by atoms with Crippen molar-refractivity contribution in [2.75, 3.05) is 20.2 Å². The van der Waals surface area contributed by atoms with E-state index in [9.17, 15) is 9.90 Å². The van der Waals surface area contributed by atoms with E-state index in [2.05, 4.69) is 0 Å². The van der Waals surface area contributed by atoms with Crippen LogP contribution in [0.3, 0.4) is 0 Å². The molecule has 0 spiro atoms. The van der Waals surface area contributed by atoms with Gasteiger partial charge in [-0.3, -0.25) is 4.79 Å². The van der Waals surface area contributed by atoms with Crippen molar-refractivity contribution in [2.24, 2.45) is 0 Å². The van der Waals surface area contributed by atoms with E-state index in [0.717, 1.165) is 5.56 Å². The summed E-state index contributed by atoms with van der Waals surface area (Å²) in [4.78, 5) is 13.8. The molecule has 1 heterocycles. The first-order valence-electron chi connectivity index (χ1n) is 6.15. The smallest absolute Gasteiger partial charge is 0.254 e. The van der Waals surface area contributed by atoms with Gasteiger partial charge in [0.1, 0.15) is 5.75 Å². The van der Waals surface area contributed by atoms with Crippen molar-refractivity contribution in [3.8, 4) is 5.75 Å². The number of likely N-dealkylation sites (tertiary alicyclic amines) is 1. The number of hydrogen-bond donors (Lipinski definition) is 1. The van der Waals surface area contributed by atoms with Crippen molar-refractivity contribution in [3.05, 3.63) is 29.3 Å². The van der Waals surface area contributed by atoms with Gasteiger partial charge in [-0.25, -0.2) is 0 Å². The summed E-state index contributed by atoms with van der Waals surface area (Å²) in [5.41, 5.74) is 0.920. The second-order valence-electron chi connectivity index (χ2n) is 4.92. The van der Waals surface area contributed by atoms with E-state index in [1.165, 1.54) is 0 Å². The highest BCUT2D eigenvalue weighted by atomic mass is 16.5. The van der Waals surface area contributed by atoms with Crippen LogP contribution in [-0.4, -0.2) is 41.7 Å². The molecule has 1 saturated heterocycles. The summed E-state index contributed by atoms with van der Waals surface area (Å²) >= 11 is 0. The van der Waals surface area contributed by atoms with Crippen LogP contribution in [0.1, 0.15) is 29.3 Å². The van der Waals surface area contributed by atoms with Gasteiger partial charge in [0.15, 0.2) is 0 Å². The van der Waals surface area contributed by atoms with Crippen LogP contribution in [0, 0.1) is 6.92 Å². The molecule has 0 saturated carbocycles. The van der Waals surface area contributed by atoms with E-state index >= 15 is 0 Å². The third kappa shape index (κ3) is 2.20. The zero-order chi connectivity index (χ0) is 13.3. The molecule has 0 aromatic heterocycles. The van der Waals surface area contributed by atoms with Crippen molar-refractivity contribution in [1.82, 2.24) is 4.90 Å². The Bertz CT molecular complexity index is 464. The SMILES string of the molecule is CCC1(O)CN(C(=O)c2ccc(C)c(OC)c2)C1. The van der Waals surface area contributed by atoms with Gasteiger partial charge in [-0.15, -0.1) is 0 Å². The number of carbonyl (C=O) groups excluding carboxylic acids is 1. The van der Waals surface area contributed by atoms with E-state index in [0.29, 0.717) is 30.8 Å². The third-order valence-corrected chi connectivity index (χ3v) is 3.57. The van der Waals surface area contributed by atoms with Gasteiger partial charge >= 0.3 is 0 Å². The number of amides is 1. The van der Waals surface area contributed by atoms with E-state index in [4.69, 9.17) is 4.74 Å². The minimum absolute atomic E-state index is 0.0496. The lowest BCUT2D eigenvalue weighted by molar-refractivity contribution is -0.0826. The first-order chi connectivity index (χ1) is 8.49. The second-order valence-corrected chi connectivity index (χ2v) is 4.92. The summed E-state index contributed by atoms with van der Waals surface area (Å²) in [6.07, 6.45) is 0.675. The molecule has 0 atom stereocenters. The summed E-state index contributed by atoms with van der Waals surface area (Å²) in [7, 11) is 1.59. The first-order valence-corrected chi connectivity index (χ1v) is 6.15. The van der Waals surface area contributed by atoms with Crippen LogP contribution in [-0.2, 0) is 0 Å². The summed E-state index contributed by atoms with van der Waals surface area (Å²) in [5.74, 6) is 0.665. The van der Waals surface area contributed by atoms with Gasteiger partial charge < -0.3 is 14.7 Å². The molecule has 0 unspecified atom stereocenters. The molecule has 18 heavy (non-hydrogen) atoms. The summed E-state index contributed by atoms with van der Waals surface area (Å²) in [5, 5.41) is 9.91. The maximum Gasteiger partial charge on any atom is 0.254 e. The van der Waals surface area contributed by atoms with Gasteiger partial charge in [0.25, 0.3) is 5.91 Å². The molecule has 0 radical (unpaired) electrons. The van der Waals surface area contributed by atoms with Crippen LogP contribution >= 0.6 is 0 Å². The van der Waals surface area contributed by atoms with Crippen LogP contribution in [0.5, 0.6) is 5.75 Å². The standard InChI is InChI=1S/C14H19NO3/c1-4-14(17)8-15(9-14)13(16)11-6-5-10(2)12(7-11)18-3/h5-7,17H,4,8-9H2,1-3H3. The van der Waals surface area contributed by atoms with Crippen LogP contribution in [0.25, 0.3) is 0 Å². The van der Waals surface area contributed by atoms with Gasteiger partial charge in [-0.2, -0.15) is 0 Å². The highest BCUT2D eigenvalue weighted by Gasteiger charge is 2.42. The Morgan fingerprint density at radius 1 is 1.50 bits per heavy atom. The molecule has 4 heteroatoms. The number of nitrogens with zero attached hydrogens (tertiary/aromatic N) is 1. The van der Waals surface area contributed by atoms with Crippen LogP contribution in [0.15, 0.2) is 18.2 Å². The number of ether oxygens (including phenoxy) is 1. The topological polar surface area (TPSA) is 49.8 Å². The van der Waals surface area contributed by atoms with E-state index in [-0.39, 0.29) is 5.91 Å². The first kappa shape index (κ1) is 12.9. The second kappa shape index (κ2) is 4.61. The molecule has 0 aliphatic carbocycles. The minimum atomic E-state index is -0.690. The molecule has 1 aliphatic rings. The van der Waals surface area contributed by atoms with Crippen molar-refractivity contribution in [1.29, 1.82) is 0 Å². The number of methoxy groups -OCH3 is 1. The van der Waals surface area contributed by atoms with Crippen LogP contribution < -0.4 is 4.74 Å². The van der Waals surface area contributed by atoms with Gasteiger partial charge in [-0.1, -0.05) is 13.0 Å². The Balaban J connectivity index is 2.11. The lowest BCUT2D eigenvalue weighted by Gasteiger charge is -2.46. The Hall–Kier alpha value is -1.55. The summed E-state index contributed by atoms with van der Waals surface area (Å²) in [6, 6.07) is 5.42. The quantitative estimate of drug-likeness (QED) is 0.885. The monoisotopic (exact) mass is 249 g/mol. The molecule has 1 amide bonds. The predicted molar refractivity (Wildman–Crippen MR) is 68.9 cm³/mol. The minimum Gasteiger partial charge on any atom is -0.496 e. The average Bonchev–Trinajstić information content (AvgIpc) is 2.34. The van der Waals surface area contributed by atoms with Gasteiger partial charge in [0.2, 0.25) is 0 Å². The van der Waals surface area contributed by atoms with Crippen molar-refractivity contribution >= 4 is 5.91 Å². The maximum atomic E-state index is 12.2. The zero-order valence-corrected chi connectivity index (χ0v) is 11.1. The van der Waals surface area contributed by atoms with Crippen molar-refractivity contribution in [3.63, 3.8) is 0 Å². The number of β-amino-alcohol motifs (C(OH)–C–C–N with tert-alkyl or cyclic N) is 1. The fourth-order valence-corrected chi connectivity index (χ4v) is 2.17. The van der Waals surface area contributed by atoms with E-state index in [1.54, 1.807) is 24.1 Å². The number of benzene rings is 1. The van der Waals surface area contributed by atoms with E-state index in [1.807, 2.05) is 19.9 Å². The van der Waals surface area contributed by atoms with Gasteiger partial charge in [0.05, 0.1) is 25.8 Å². The number of rotatable bonds is 3. The molecule has 1 aromatic rings. The maximum absolute atomic E-state index is 12.2. The lowest BCUT2D eigenvalue weighted by atomic mass is 9.90. The summed E-state index contributed by atoms with van der Waals surface area (Å²) in [6.45, 7) is 4.69. The molecule has 1 fully saturated rings. The molecule has 98 valence electrons. The Morgan fingerprint density at radius 2 is 2.17 bits per heavy atom. The molecule has 1 aliphatic heterocycles. The fraction of sp³-hybridized carbons (Fsp3) is 0.500.